The van der Waals surface area contributed by atoms with E-state index < -0.39 is 5.97 Å². The third-order valence-corrected chi connectivity index (χ3v) is 1.91. The number of aliphatic carboxylic acids is 1. The van der Waals surface area contributed by atoms with E-state index in [9.17, 15) is 4.79 Å². The molecular weight excluding hydrogens is 196 g/mol. The molecule has 15 heavy (non-hydrogen) atoms. The van der Waals surface area contributed by atoms with E-state index in [1.165, 1.54) is 6.08 Å². The molecule has 0 amide bonds. The Kier molecular flexibility index (Phi) is 2.17. The summed E-state index contributed by atoms with van der Waals surface area (Å²) in [5.74, 6) is -1.00. The van der Waals surface area contributed by atoms with Crippen molar-refractivity contribution in [3.63, 3.8) is 0 Å². The monoisotopic (exact) mass is 204 g/mol. The maximum Gasteiger partial charge on any atom is 0.328 e. The number of hydrogen-bond acceptors (Lipinski definition) is 4. The van der Waals surface area contributed by atoms with Gasteiger partial charge in [0.05, 0.1) is 11.9 Å². The summed E-state index contributed by atoms with van der Waals surface area (Å²) in [6, 6.07) is 1.68. The quantitative estimate of drug-likeness (QED) is 0.719. The first kappa shape index (κ1) is 9.32. The summed E-state index contributed by atoms with van der Waals surface area (Å²) < 4.78 is 1.60. The smallest absolute Gasteiger partial charge is 0.328 e. The highest BCUT2D eigenvalue weighted by Gasteiger charge is 2.01. The van der Waals surface area contributed by atoms with Crippen molar-refractivity contribution >= 4 is 23.1 Å². The van der Waals surface area contributed by atoms with E-state index in [-0.39, 0.29) is 0 Å². The van der Waals surface area contributed by atoms with Crippen LogP contribution in [-0.4, -0.2) is 31.1 Å². The minimum absolute atomic E-state index is 0.547. The zero-order valence-corrected chi connectivity index (χ0v) is 7.95. The lowest BCUT2D eigenvalue weighted by Crippen LogP contribution is -1.90. The molecule has 0 aliphatic heterocycles. The van der Waals surface area contributed by atoms with Gasteiger partial charge in [-0.25, -0.2) is 9.48 Å². The molecule has 2 aromatic rings. The lowest BCUT2D eigenvalue weighted by molar-refractivity contribution is -0.131. The van der Waals surface area contributed by atoms with Gasteiger partial charge in [-0.2, -0.15) is 0 Å². The van der Waals surface area contributed by atoms with Gasteiger partial charge >= 0.3 is 5.97 Å². The molecule has 0 aromatic carbocycles. The van der Waals surface area contributed by atoms with E-state index in [1.54, 1.807) is 24.0 Å². The third-order valence-electron chi connectivity index (χ3n) is 1.91. The Morgan fingerprint density at radius 2 is 2.40 bits per heavy atom. The van der Waals surface area contributed by atoms with E-state index in [0.717, 1.165) is 11.6 Å². The number of hydrogen-bond donors (Lipinski definition) is 1. The number of aryl methyl sites for hydroxylation is 1. The van der Waals surface area contributed by atoms with Gasteiger partial charge in [0.1, 0.15) is 11.0 Å². The van der Waals surface area contributed by atoms with Crippen LogP contribution in [0, 0.1) is 0 Å². The van der Waals surface area contributed by atoms with Crippen LogP contribution < -0.4 is 0 Å². The van der Waals surface area contributed by atoms with E-state index in [1.807, 2.05) is 0 Å². The molecule has 2 rings (SSSR count). The number of carbonyl (C=O) groups is 1. The number of fused-ring (bicyclic) bond motifs is 1. The van der Waals surface area contributed by atoms with E-state index in [4.69, 9.17) is 5.11 Å². The van der Waals surface area contributed by atoms with Crippen molar-refractivity contribution in [1.29, 1.82) is 0 Å². The van der Waals surface area contributed by atoms with Crippen molar-refractivity contribution in [2.45, 2.75) is 0 Å². The van der Waals surface area contributed by atoms with Gasteiger partial charge < -0.3 is 5.11 Å². The first-order valence-corrected chi connectivity index (χ1v) is 4.23. The van der Waals surface area contributed by atoms with Crippen molar-refractivity contribution in [2.24, 2.45) is 7.05 Å². The normalized spacial score (nSPS) is 11.3. The van der Waals surface area contributed by atoms with Crippen molar-refractivity contribution in [2.75, 3.05) is 0 Å². The number of nitrogens with zero attached hydrogens (tertiary/aromatic N) is 4. The fourth-order valence-electron chi connectivity index (χ4n) is 1.19. The minimum Gasteiger partial charge on any atom is -0.478 e. The van der Waals surface area contributed by atoms with Crippen molar-refractivity contribution < 1.29 is 9.90 Å². The second-order valence-electron chi connectivity index (χ2n) is 2.98. The van der Waals surface area contributed by atoms with Crippen LogP contribution in [0.15, 0.2) is 18.3 Å². The molecule has 0 aliphatic rings. The Morgan fingerprint density at radius 1 is 1.60 bits per heavy atom. The molecular formula is C9H8N4O2. The fourth-order valence-corrected chi connectivity index (χ4v) is 1.19. The molecule has 6 nitrogen and oxygen atoms in total. The predicted octanol–water partition coefficient (Wildman–Crippen LogP) is 0.461. The standard InChI is InChI=1S/C9H8N4O2/c1-13-8-5-10-6(2-3-9(14)15)4-7(8)11-12-13/h2-5H,1H3,(H,14,15)/b3-2+. The molecule has 2 aromatic heterocycles. The number of aromatic nitrogens is 4. The highest BCUT2D eigenvalue weighted by molar-refractivity contribution is 5.85. The molecule has 76 valence electrons. The highest BCUT2D eigenvalue weighted by atomic mass is 16.4. The van der Waals surface area contributed by atoms with Gasteiger partial charge in [0.25, 0.3) is 0 Å². The number of carboxylic acids is 1. The van der Waals surface area contributed by atoms with Gasteiger partial charge in [0.2, 0.25) is 0 Å². The van der Waals surface area contributed by atoms with E-state index in [0.29, 0.717) is 11.2 Å². The average Bonchev–Trinajstić information content (AvgIpc) is 2.57. The highest BCUT2D eigenvalue weighted by Crippen LogP contribution is 2.10. The summed E-state index contributed by atoms with van der Waals surface area (Å²) in [5.41, 5.74) is 2.05. The molecule has 0 atom stereocenters. The van der Waals surface area contributed by atoms with Crippen LogP contribution in [0.4, 0.5) is 0 Å². The van der Waals surface area contributed by atoms with Gasteiger partial charge in [0, 0.05) is 13.1 Å². The third kappa shape index (κ3) is 1.83. The van der Waals surface area contributed by atoms with E-state index in [2.05, 4.69) is 15.3 Å². The molecule has 2 heterocycles. The van der Waals surface area contributed by atoms with Crippen LogP contribution in [0.1, 0.15) is 5.69 Å². The zero-order valence-electron chi connectivity index (χ0n) is 7.95. The summed E-state index contributed by atoms with van der Waals surface area (Å²) in [7, 11) is 1.77. The maximum absolute atomic E-state index is 10.3. The molecule has 6 heteroatoms. The lowest BCUT2D eigenvalue weighted by atomic mass is 10.3. The van der Waals surface area contributed by atoms with Crippen LogP contribution >= 0.6 is 0 Å². The Morgan fingerprint density at radius 3 is 3.13 bits per heavy atom. The summed E-state index contributed by atoms with van der Waals surface area (Å²) in [6.07, 6.45) is 4.05. The molecule has 0 saturated heterocycles. The Bertz CT molecular complexity index is 544. The van der Waals surface area contributed by atoms with Crippen LogP contribution in [0.3, 0.4) is 0 Å². The summed E-state index contributed by atoms with van der Waals surface area (Å²) in [6.45, 7) is 0. The molecule has 0 aliphatic carbocycles. The fraction of sp³-hybridized carbons (Fsp3) is 0.111. The molecule has 0 unspecified atom stereocenters. The van der Waals surface area contributed by atoms with Crippen LogP contribution in [0.2, 0.25) is 0 Å². The lowest BCUT2D eigenvalue weighted by Gasteiger charge is -1.93. The second-order valence-corrected chi connectivity index (χ2v) is 2.98. The van der Waals surface area contributed by atoms with Gasteiger partial charge in [0.15, 0.2) is 0 Å². The molecule has 0 saturated carbocycles. The second kappa shape index (κ2) is 3.49. The topological polar surface area (TPSA) is 80.9 Å². The number of rotatable bonds is 2. The molecule has 0 bridgehead atoms. The van der Waals surface area contributed by atoms with Crippen LogP contribution in [0.25, 0.3) is 17.1 Å². The van der Waals surface area contributed by atoms with Crippen molar-refractivity contribution in [1.82, 2.24) is 20.0 Å². The molecule has 1 N–H and O–H groups in total. The maximum atomic E-state index is 10.3. The summed E-state index contributed by atoms with van der Waals surface area (Å²) in [5, 5.41) is 16.2. The van der Waals surface area contributed by atoms with Crippen molar-refractivity contribution in [3.05, 3.63) is 24.0 Å². The largest absolute Gasteiger partial charge is 0.478 e. The first-order valence-electron chi connectivity index (χ1n) is 4.23. The number of carboxylic acid groups (broad SMARTS) is 1. The molecule has 0 fully saturated rings. The summed E-state index contributed by atoms with van der Waals surface area (Å²) in [4.78, 5) is 14.4. The van der Waals surface area contributed by atoms with E-state index >= 15 is 0 Å². The Balaban J connectivity index is 2.43. The Hall–Kier alpha value is -2.24. The van der Waals surface area contributed by atoms with Crippen LogP contribution in [0.5, 0.6) is 0 Å². The Labute approximate surface area is 84.9 Å². The first-order chi connectivity index (χ1) is 7.16. The summed E-state index contributed by atoms with van der Waals surface area (Å²) >= 11 is 0. The molecule has 0 radical (unpaired) electrons. The SMILES string of the molecule is Cn1nnc2cc(/C=C/C(=O)O)ncc21. The average molecular weight is 204 g/mol. The van der Waals surface area contributed by atoms with Gasteiger partial charge in [-0.3, -0.25) is 4.98 Å². The zero-order chi connectivity index (χ0) is 10.8. The minimum atomic E-state index is -1.00. The van der Waals surface area contributed by atoms with Gasteiger partial charge in [-0.05, 0) is 12.1 Å². The van der Waals surface area contributed by atoms with Crippen molar-refractivity contribution in [3.8, 4) is 0 Å². The van der Waals surface area contributed by atoms with Crippen LogP contribution in [-0.2, 0) is 11.8 Å². The predicted molar refractivity (Wildman–Crippen MR) is 53.0 cm³/mol. The molecule has 0 spiro atoms. The van der Waals surface area contributed by atoms with Gasteiger partial charge in [-0.15, -0.1) is 5.10 Å². The van der Waals surface area contributed by atoms with Gasteiger partial charge in [-0.1, -0.05) is 5.21 Å². The number of pyridine rings is 1.